The molecule has 30 heavy (non-hydrogen) atoms. The number of sulfonamides is 1. The lowest BCUT2D eigenvalue weighted by molar-refractivity contribution is -0.120. The number of carbonyl (C=O) groups excluding carboxylic acids is 1. The van der Waals surface area contributed by atoms with Crippen molar-refractivity contribution in [2.24, 2.45) is 0 Å². The molecule has 2 rings (SSSR count). The summed E-state index contributed by atoms with van der Waals surface area (Å²) in [6.07, 6.45) is 1.79. The van der Waals surface area contributed by atoms with Crippen LogP contribution in [0.4, 0.5) is 5.69 Å². The zero-order valence-corrected chi connectivity index (χ0v) is 19.4. The highest BCUT2D eigenvalue weighted by atomic mass is 32.2. The van der Waals surface area contributed by atoms with Gasteiger partial charge in [0.05, 0.1) is 25.1 Å². The first-order valence-electron chi connectivity index (χ1n) is 9.97. The van der Waals surface area contributed by atoms with Crippen LogP contribution >= 0.6 is 0 Å². The number of amides is 1. The van der Waals surface area contributed by atoms with Crippen LogP contribution in [-0.4, -0.2) is 34.2 Å². The van der Waals surface area contributed by atoms with Crippen LogP contribution < -0.4 is 14.4 Å². The van der Waals surface area contributed by atoms with E-state index in [-0.39, 0.29) is 23.9 Å². The molecule has 0 fully saturated rings. The maximum atomic E-state index is 12.7. The maximum absolute atomic E-state index is 12.7. The van der Waals surface area contributed by atoms with E-state index in [1.54, 1.807) is 19.2 Å². The Morgan fingerprint density at radius 2 is 1.63 bits per heavy atom. The van der Waals surface area contributed by atoms with Crippen molar-refractivity contribution in [3.63, 3.8) is 0 Å². The quantitative estimate of drug-likeness (QED) is 0.683. The Balaban J connectivity index is 2.18. The fourth-order valence-corrected chi connectivity index (χ4v) is 4.01. The fourth-order valence-electron chi connectivity index (χ4n) is 3.16. The second-order valence-corrected chi connectivity index (χ2v) is 10.3. The number of rotatable bonds is 8. The molecule has 6 nitrogen and oxygen atoms in total. The zero-order valence-electron chi connectivity index (χ0n) is 18.6. The summed E-state index contributed by atoms with van der Waals surface area (Å²) in [5, 5.41) is 2.94. The number of hydrogen-bond acceptors (Lipinski definition) is 4. The average Bonchev–Trinajstić information content (AvgIpc) is 2.69. The largest absolute Gasteiger partial charge is 0.497 e. The normalized spacial score (nSPS) is 12.9. The number of nitrogens with one attached hydrogen (secondary N) is 1. The molecule has 0 aliphatic rings. The van der Waals surface area contributed by atoms with Crippen LogP contribution in [0, 0.1) is 0 Å². The molecule has 0 aliphatic heterocycles. The van der Waals surface area contributed by atoms with Crippen LogP contribution in [0.1, 0.15) is 51.3 Å². The lowest BCUT2D eigenvalue weighted by Gasteiger charge is -2.25. The van der Waals surface area contributed by atoms with Crippen LogP contribution in [0.2, 0.25) is 0 Å². The van der Waals surface area contributed by atoms with Crippen LogP contribution in [0.25, 0.3) is 0 Å². The lowest BCUT2D eigenvalue weighted by atomic mass is 9.87. The van der Waals surface area contributed by atoms with Crippen molar-refractivity contribution in [2.75, 3.05) is 24.2 Å². The first-order valence-corrected chi connectivity index (χ1v) is 11.8. The zero-order chi connectivity index (χ0) is 22.5. The standard InChI is InChI=1S/C23H32N2O4S/c1-7-21(17-8-14-20(29-5)15-9-17)24-22(26)16-25(30(6,27)28)19-12-10-18(11-13-19)23(2,3)4/h8-15,21H,7,16H2,1-6H3,(H,24,26)/t21-/m0/s1. The number of ether oxygens (including phenoxy) is 1. The first kappa shape index (κ1) is 23.7. The summed E-state index contributed by atoms with van der Waals surface area (Å²) >= 11 is 0. The highest BCUT2D eigenvalue weighted by molar-refractivity contribution is 7.92. The average molecular weight is 433 g/mol. The van der Waals surface area contributed by atoms with E-state index in [9.17, 15) is 13.2 Å². The van der Waals surface area contributed by atoms with Crippen molar-refractivity contribution in [2.45, 2.75) is 45.6 Å². The van der Waals surface area contributed by atoms with Crippen molar-refractivity contribution in [3.8, 4) is 5.75 Å². The van der Waals surface area contributed by atoms with Gasteiger partial charge in [0.15, 0.2) is 0 Å². The minimum atomic E-state index is -3.62. The molecule has 164 valence electrons. The van der Waals surface area contributed by atoms with Gasteiger partial charge in [0.25, 0.3) is 0 Å². The second kappa shape index (κ2) is 9.51. The minimum absolute atomic E-state index is 0.0431. The monoisotopic (exact) mass is 432 g/mol. The summed E-state index contributed by atoms with van der Waals surface area (Å²) in [6, 6.07) is 14.5. The molecular weight excluding hydrogens is 400 g/mol. The van der Waals surface area contributed by atoms with Gasteiger partial charge in [0.2, 0.25) is 15.9 Å². The molecule has 0 saturated carbocycles. The number of carbonyl (C=O) groups is 1. The van der Waals surface area contributed by atoms with Crippen molar-refractivity contribution in [1.29, 1.82) is 0 Å². The van der Waals surface area contributed by atoms with E-state index < -0.39 is 10.0 Å². The van der Waals surface area contributed by atoms with E-state index in [2.05, 4.69) is 26.1 Å². The Morgan fingerprint density at radius 3 is 2.07 bits per heavy atom. The van der Waals surface area contributed by atoms with E-state index in [0.29, 0.717) is 12.1 Å². The predicted octanol–water partition coefficient (Wildman–Crippen LogP) is 4.03. The van der Waals surface area contributed by atoms with Gasteiger partial charge in [-0.15, -0.1) is 0 Å². The topological polar surface area (TPSA) is 75.7 Å². The lowest BCUT2D eigenvalue weighted by Crippen LogP contribution is -2.41. The van der Waals surface area contributed by atoms with E-state index in [1.165, 1.54) is 0 Å². The van der Waals surface area contributed by atoms with Gasteiger partial charge in [-0.3, -0.25) is 9.10 Å². The van der Waals surface area contributed by atoms with Gasteiger partial charge in [0.1, 0.15) is 12.3 Å². The molecule has 0 unspecified atom stereocenters. The Kier molecular flexibility index (Phi) is 7.53. The maximum Gasteiger partial charge on any atom is 0.241 e. The third-order valence-corrected chi connectivity index (χ3v) is 6.11. The van der Waals surface area contributed by atoms with Gasteiger partial charge in [-0.25, -0.2) is 8.42 Å². The fraction of sp³-hybridized carbons (Fsp3) is 0.435. The Morgan fingerprint density at radius 1 is 1.07 bits per heavy atom. The van der Waals surface area contributed by atoms with Gasteiger partial charge in [-0.05, 0) is 47.2 Å². The summed E-state index contributed by atoms with van der Waals surface area (Å²) in [4.78, 5) is 12.7. The molecule has 0 spiro atoms. The van der Waals surface area contributed by atoms with Crippen LogP contribution in [0.15, 0.2) is 48.5 Å². The Bertz CT molecular complexity index is 946. The Hall–Kier alpha value is -2.54. The van der Waals surface area contributed by atoms with Crippen LogP contribution in [-0.2, 0) is 20.2 Å². The summed E-state index contributed by atoms with van der Waals surface area (Å²) in [6.45, 7) is 7.96. The van der Waals surface area contributed by atoms with Gasteiger partial charge in [0, 0.05) is 0 Å². The van der Waals surface area contributed by atoms with Crippen molar-refractivity contribution in [1.82, 2.24) is 5.32 Å². The van der Waals surface area contributed by atoms with Crippen molar-refractivity contribution >= 4 is 21.6 Å². The number of methoxy groups -OCH3 is 1. The van der Waals surface area contributed by atoms with E-state index in [4.69, 9.17) is 4.74 Å². The second-order valence-electron chi connectivity index (χ2n) is 8.37. The first-order chi connectivity index (χ1) is 14.0. The number of benzene rings is 2. The molecule has 0 saturated heterocycles. The molecule has 0 bridgehead atoms. The van der Waals surface area contributed by atoms with Gasteiger partial charge >= 0.3 is 0 Å². The van der Waals surface area contributed by atoms with Crippen molar-refractivity contribution in [3.05, 3.63) is 59.7 Å². The molecular formula is C23H32N2O4S. The molecule has 2 aromatic rings. The van der Waals surface area contributed by atoms with Crippen LogP contribution in [0.5, 0.6) is 5.75 Å². The summed E-state index contributed by atoms with van der Waals surface area (Å²) < 4.78 is 31.1. The SMILES string of the molecule is CC[C@H](NC(=O)CN(c1ccc(C(C)(C)C)cc1)S(C)(=O)=O)c1ccc(OC)cc1. The molecule has 1 N–H and O–H groups in total. The molecule has 7 heteroatoms. The number of nitrogens with zero attached hydrogens (tertiary/aromatic N) is 1. The predicted molar refractivity (Wildman–Crippen MR) is 122 cm³/mol. The third kappa shape index (κ3) is 6.23. The number of anilines is 1. The third-order valence-electron chi connectivity index (χ3n) is 4.97. The van der Waals surface area contributed by atoms with E-state index >= 15 is 0 Å². The molecule has 0 aliphatic carbocycles. The Labute approximate surface area is 180 Å². The minimum Gasteiger partial charge on any atom is -0.497 e. The smallest absolute Gasteiger partial charge is 0.241 e. The highest BCUT2D eigenvalue weighted by Gasteiger charge is 2.23. The van der Waals surface area contributed by atoms with E-state index in [1.807, 2.05) is 43.3 Å². The van der Waals surface area contributed by atoms with Gasteiger partial charge in [-0.1, -0.05) is 52.0 Å². The molecule has 2 aromatic carbocycles. The van der Waals surface area contributed by atoms with Gasteiger partial charge < -0.3 is 10.1 Å². The summed E-state index contributed by atoms with van der Waals surface area (Å²) in [5.74, 6) is 0.380. The summed E-state index contributed by atoms with van der Waals surface area (Å²) in [7, 11) is -2.02. The molecule has 0 aromatic heterocycles. The van der Waals surface area contributed by atoms with Gasteiger partial charge in [-0.2, -0.15) is 0 Å². The molecule has 1 amide bonds. The highest BCUT2D eigenvalue weighted by Crippen LogP contribution is 2.26. The van der Waals surface area contributed by atoms with Crippen LogP contribution in [0.3, 0.4) is 0 Å². The molecule has 1 atom stereocenters. The molecule has 0 heterocycles. The number of hydrogen-bond donors (Lipinski definition) is 1. The molecule has 0 radical (unpaired) electrons. The summed E-state index contributed by atoms with van der Waals surface area (Å²) in [5.41, 5.74) is 2.46. The van der Waals surface area contributed by atoms with E-state index in [0.717, 1.165) is 27.4 Å². The van der Waals surface area contributed by atoms with Crippen molar-refractivity contribution < 1.29 is 17.9 Å².